The third-order valence-corrected chi connectivity index (χ3v) is 14.4. The quantitative estimate of drug-likeness (QED) is 0.0337. The number of thiazole rings is 1. The van der Waals surface area contributed by atoms with Gasteiger partial charge < -0.3 is 30.3 Å². The summed E-state index contributed by atoms with van der Waals surface area (Å²) in [6, 6.07) is 6.31. The molecule has 0 radical (unpaired) electrons. The van der Waals surface area contributed by atoms with Crippen molar-refractivity contribution in [2.75, 3.05) is 47.2 Å². The Morgan fingerprint density at radius 2 is 1.59 bits per heavy atom. The lowest BCUT2D eigenvalue weighted by Gasteiger charge is -2.38. The summed E-state index contributed by atoms with van der Waals surface area (Å²) in [6.07, 6.45) is 3.22. The summed E-state index contributed by atoms with van der Waals surface area (Å²) in [4.78, 5) is 102. The largest absolute Gasteiger partial charge is 0.455 e. The highest BCUT2D eigenvalue weighted by molar-refractivity contribution is 7.81. The van der Waals surface area contributed by atoms with E-state index in [0.717, 1.165) is 11.1 Å². The van der Waals surface area contributed by atoms with Gasteiger partial charge in [0.1, 0.15) is 10.7 Å². The topological polar surface area (TPSA) is 193 Å². The first-order valence-electron chi connectivity index (χ1n) is 24.1. The molecule has 2 aromatic rings. The smallest absolute Gasteiger partial charge is 0.303 e. The Balaban J connectivity index is 2.37. The van der Waals surface area contributed by atoms with Crippen LogP contribution in [0.1, 0.15) is 146 Å². The highest BCUT2D eigenvalue weighted by Crippen LogP contribution is 2.33. The van der Waals surface area contributed by atoms with E-state index < -0.39 is 53.5 Å². The molecule has 1 heterocycles. The standard InChI is InChI=1S/C51H82N6O9S2/c1-14-34(5)39(28-45(60)51(8,9)56(10)11)50(64)57(12)42(32(2)3)29-44(66-36(7)58)49-55-41(31-68-49)48(63)53-38(27-37-22-20-33(4)21-23-37)26-35(6)47(62)54-40(43(59)19-17-25-65-13)18-15-16-24-52-46(61)30-67/h20-23,31-32,34-35,38-40,42,44,67H,14-19,24-30H2,1-13H3,(H,52,61)(H,53,63)(H,54,62)/t34?,35?,38-,39+,40?,42-,44-/m1/s1. The average Bonchev–Trinajstić information content (AvgIpc) is 3.79. The fraction of sp³-hybridized carbons (Fsp3) is 0.686. The second kappa shape index (κ2) is 29.8. The first kappa shape index (κ1) is 59.9. The Morgan fingerprint density at radius 3 is 2.16 bits per heavy atom. The first-order chi connectivity index (χ1) is 32.0. The number of unbranched alkanes of at least 4 members (excludes halogenated alkanes) is 1. The summed E-state index contributed by atoms with van der Waals surface area (Å²) < 4.78 is 11.0. The molecule has 2 rings (SSSR count). The van der Waals surface area contributed by atoms with Crippen molar-refractivity contribution in [2.45, 2.75) is 156 Å². The Morgan fingerprint density at radius 1 is 0.926 bits per heavy atom. The minimum atomic E-state index is -0.873. The van der Waals surface area contributed by atoms with Crippen molar-refractivity contribution in [3.8, 4) is 0 Å². The maximum atomic E-state index is 14.4. The molecule has 382 valence electrons. The molecular weight excluding hydrogens is 905 g/mol. The average molecular weight is 987 g/mol. The number of ether oxygens (including phenoxy) is 2. The lowest BCUT2D eigenvalue weighted by atomic mass is 9.81. The summed E-state index contributed by atoms with van der Waals surface area (Å²) >= 11 is 5.17. The van der Waals surface area contributed by atoms with Gasteiger partial charge in [-0.3, -0.25) is 38.5 Å². The Bertz CT molecular complexity index is 1940. The van der Waals surface area contributed by atoms with Crippen LogP contribution in [0, 0.1) is 30.6 Å². The number of Topliss-reactive ketones (excluding diaryl/α,β-unsaturated/α-hetero) is 2. The third kappa shape index (κ3) is 19.7. The number of nitrogens with one attached hydrogen (secondary N) is 3. The zero-order chi connectivity index (χ0) is 51.3. The molecule has 0 saturated heterocycles. The van der Waals surface area contributed by atoms with Gasteiger partial charge in [0.25, 0.3) is 5.91 Å². The second-order valence-corrected chi connectivity index (χ2v) is 20.6. The predicted molar refractivity (Wildman–Crippen MR) is 272 cm³/mol. The number of hydrogen-bond acceptors (Lipinski definition) is 13. The minimum absolute atomic E-state index is 0.0216. The third-order valence-electron chi connectivity index (χ3n) is 13.1. The van der Waals surface area contributed by atoms with Crippen LogP contribution in [0.4, 0.5) is 0 Å². The normalized spacial score (nSPS) is 14.8. The van der Waals surface area contributed by atoms with Crippen LogP contribution in [0.3, 0.4) is 0 Å². The SMILES string of the molecule is CCC(C)[C@H](CC(=O)C(C)(C)N(C)C)C(=O)N(C)[C@H](C[C@@H](OC(C)=O)c1nc(C(=O)N[C@@H](Cc2ccc(C)cc2)CC(C)C(=O)NC(CCCCNC(=O)CS)C(=O)CCCOC)cs1)C(C)C. The summed E-state index contributed by atoms with van der Waals surface area (Å²) in [6.45, 7) is 17.6. The Kier molecular flexibility index (Phi) is 26.2. The van der Waals surface area contributed by atoms with Crippen LogP contribution in [-0.4, -0.2) is 127 Å². The molecule has 0 spiro atoms. The molecule has 1 aromatic heterocycles. The number of methoxy groups -OCH3 is 1. The van der Waals surface area contributed by atoms with E-state index in [-0.39, 0.29) is 78.3 Å². The van der Waals surface area contributed by atoms with Crippen LogP contribution >= 0.6 is 24.0 Å². The molecule has 3 N–H and O–H groups in total. The lowest BCUT2D eigenvalue weighted by Crippen LogP contribution is -2.50. The number of aromatic nitrogens is 1. The maximum absolute atomic E-state index is 14.4. The van der Waals surface area contributed by atoms with Gasteiger partial charge in [0, 0.05) is 82.8 Å². The summed E-state index contributed by atoms with van der Waals surface area (Å²) in [5.74, 6) is -2.96. The number of amides is 4. The number of ketones is 2. The van der Waals surface area contributed by atoms with Crippen molar-refractivity contribution in [1.82, 2.24) is 30.7 Å². The van der Waals surface area contributed by atoms with Crippen molar-refractivity contribution in [3.63, 3.8) is 0 Å². The van der Waals surface area contributed by atoms with Gasteiger partial charge >= 0.3 is 5.97 Å². The van der Waals surface area contributed by atoms with Gasteiger partial charge in [-0.2, -0.15) is 12.6 Å². The molecule has 7 atom stereocenters. The zero-order valence-electron chi connectivity index (χ0n) is 43.1. The van der Waals surface area contributed by atoms with Gasteiger partial charge in [-0.15, -0.1) is 11.3 Å². The number of thiol groups is 1. The number of likely N-dealkylation sites (N-methyl/N-ethyl adjacent to an activating group) is 1. The van der Waals surface area contributed by atoms with E-state index in [1.54, 1.807) is 31.4 Å². The first-order valence-corrected chi connectivity index (χ1v) is 25.6. The van der Waals surface area contributed by atoms with Gasteiger partial charge in [0.2, 0.25) is 17.7 Å². The van der Waals surface area contributed by atoms with Crippen LogP contribution in [0.15, 0.2) is 29.6 Å². The highest BCUT2D eigenvalue weighted by Gasteiger charge is 2.39. The fourth-order valence-electron chi connectivity index (χ4n) is 7.92. The zero-order valence-corrected chi connectivity index (χ0v) is 44.8. The number of carbonyl (C=O) groups excluding carboxylic acids is 7. The van der Waals surface area contributed by atoms with E-state index in [1.807, 2.05) is 91.7 Å². The molecule has 17 heteroatoms. The van der Waals surface area contributed by atoms with Crippen LogP contribution in [0.25, 0.3) is 0 Å². The van der Waals surface area contributed by atoms with E-state index in [2.05, 4.69) is 28.6 Å². The summed E-state index contributed by atoms with van der Waals surface area (Å²) in [5, 5.41) is 10.9. The van der Waals surface area contributed by atoms with Crippen LogP contribution in [0.2, 0.25) is 0 Å². The second-order valence-electron chi connectivity index (χ2n) is 19.4. The van der Waals surface area contributed by atoms with Crippen molar-refractivity contribution in [3.05, 3.63) is 51.5 Å². The molecule has 4 amide bonds. The minimum Gasteiger partial charge on any atom is -0.455 e. The Labute approximate surface area is 415 Å². The number of benzene rings is 1. The van der Waals surface area contributed by atoms with Crippen LogP contribution < -0.4 is 16.0 Å². The summed E-state index contributed by atoms with van der Waals surface area (Å²) in [5.41, 5.74) is 1.40. The molecule has 68 heavy (non-hydrogen) atoms. The number of aryl methyl sites for hydroxylation is 1. The van der Waals surface area contributed by atoms with Gasteiger partial charge in [0.15, 0.2) is 17.7 Å². The van der Waals surface area contributed by atoms with Crippen molar-refractivity contribution in [2.24, 2.45) is 23.7 Å². The molecule has 0 aliphatic heterocycles. The highest BCUT2D eigenvalue weighted by atomic mass is 32.1. The van der Waals surface area contributed by atoms with Crippen LogP contribution in [0.5, 0.6) is 0 Å². The van der Waals surface area contributed by atoms with Crippen molar-refractivity contribution in [1.29, 1.82) is 0 Å². The molecule has 0 fully saturated rings. The maximum Gasteiger partial charge on any atom is 0.303 e. The number of rotatable bonds is 32. The molecule has 15 nitrogen and oxygen atoms in total. The molecular formula is C51H82N6O9S2. The van der Waals surface area contributed by atoms with Gasteiger partial charge in [-0.05, 0) is 90.8 Å². The van der Waals surface area contributed by atoms with Gasteiger partial charge in [-0.25, -0.2) is 4.98 Å². The molecule has 0 bridgehead atoms. The number of carbonyl (C=O) groups is 7. The van der Waals surface area contributed by atoms with Gasteiger partial charge in [0.05, 0.1) is 17.3 Å². The van der Waals surface area contributed by atoms with Crippen molar-refractivity contribution < 1.29 is 43.0 Å². The molecule has 0 aliphatic rings. The lowest BCUT2D eigenvalue weighted by molar-refractivity contribution is -0.149. The van der Waals surface area contributed by atoms with Crippen molar-refractivity contribution >= 4 is 65.1 Å². The van der Waals surface area contributed by atoms with E-state index in [1.165, 1.54) is 18.3 Å². The number of hydrogen-bond donors (Lipinski definition) is 4. The van der Waals surface area contributed by atoms with E-state index in [4.69, 9.17) is 14.5 Å². The van der Waals surface area contributed by atoms with Gasteiger partial charge in [-0.1, -0.05) is 70.9 Å². The number of nitrogens with zero attached hydrogens (tertiary/aromatic N) is 3. The number of esters is 1. The summed E-state index contributed by atoms with van der Waals surface area (Å²) in [7, 11) is 7.01. The van der Waals surface area contributed by atoms with E-state index in [0.29, 0.717) is 56.7 Å². The monoisotopic (exact) mass is 987 g/mol. The van der Waals surface area contributed by atoms with E-state index >= 15 is 0 Å². The molecule has 3 unspecified atom stereocenters. The predicted octanol–water partition coefficient (Wildman–Crippen LogP) is 6.95. The molecule has 0 aliphatic carbocycles. The van der Waals surface area contributed by atoms with Crippen LogP contribution in [-0.2, 0) is 44.7 Å². The molecule has 0 saturated carbocycles. The fourth-order valence-corrected chi connectivity index (χ4v) is 8.87. The molecule has 1 aromatic carbocycles. The Hall–Kier alpha value is -4.19. The van der Waals surface area contributed by atoms with E-state index in [9.17, 15) is 33.6 Å².